The van der Waals surface area contributed by atoms with Crippen LogP contribution in [0.4, 0.5) is 5.69 Å². The van der Waals surface area contributed by atoms with Crippen molar-refractivity contribution in [2.24, 2.45) is 0 Å². The van der Waals surface area contributed by atoms with Crippen molar-refractivity contribution in [2.45, 2.75) is 19.8 Å². The van der Waals surface area contributed by atoms with E-state index in [1.807, 2.05) is 18.6 Å². The van der Waals surface area contributed by atoms with E-state index in [4.69, 9.17) is 0 Å². The Hall–Kier alpha value is -0.0700. The molecule has 0 aliphatic heterocycles. The van der Waals surface area contributed by atoms with Crippen molar-refractivity contribution in [1.82, 2.24) is 0 Å². The van der Waals surface area contributed by atoms with Crippen molar-refractivity contribution in [1.29, 1.82) is 0 Å². The standard InChI is InChI=1S/C9H13NO3S.Na/c1-7(2)8-3-5-9(6-4-8)10-14(11,12)13;/h3-7,10H,1-2H3,(H,11,12,13);/q;+1/p-1. The van der Waals surface area contributed by atoms with Crippen LogP contribution in [0.1, 0.15) is 25.3 Å². The van der Waals surface area contributed by atoms with Gasteiger partial charge in [0.2, 0.25) is 0 Å². The minimum atomic E-state index is -4.41. The van der Waals surface area contributed by atoms with Crippen molar-refractivity contribution in [3.05, 3.63) is 29.8 Å². The number of rotatable bonds is 3. The SMILES string of the molecule is CC(C)c1ccc(NS(=O)(=O)[O-])cc1.[Na+]. The first-order valence-corrected chi connectivity index (χ1v) is 5.63. The van der Waals surface area contributed by atoms with Gasteiger partial charge in [-0.25, -0.2) is 8.42 Å². The summed E-state index contributed by atoms with van der Waals surface area (Å²) < 4.78 is 32.9. The van der Waals surface area contributed by atoms with Crippen molar-refractivity contribution in [3.63, 3.8) is 0 Å². The summed E-state index contributed by atoms with van der Waals surface area (Å²) in [6, 6.07) is 6.73. The van der Waals surface area contributed by atoms with Crippen molar-refractivity contribution < 1.29 is 42.5 Å². The normalized spacial score (nSPS) is 10.9. The van der Waals surface area contributed by atoms with Crippen LogP contribution in [-0.4, -0.2) is 13.0 Å². The molecule has 0 aromatic heterocycles. The zero-order chi connectivity index (χ0) is 10.8. The molecule has 6 heteroatoms. The zero-order valence-electron chi connectivity index (χ0n) is 9.02. The number of anilines is 1. The molecule has 1 aromatic carbocycles. The van der Waals surface area contributed by atoms with Gasteiger partial charge in [-0.1, -0.05) is 26.0 Å². The average Bonchev–Trinajstić information content (AvgIpc) is 2.02. The van der Waals surface area contributed by atoms with Gasteiger partial charge in [-0.2, -0.15) is 0 Å². The summed E-state index contributed by atoms with van der Waals surface area (Å²) in [5.41, 5.74) is 1.39. The van der Waals surface area contributed by atoms with Gasteiger partial charge in [-0.15, -0.1) is 0 Å². The van der Waals surface area contributed by atoms with E-state index in [2.05, 4.69) is 0 Å². The second kappa shape index (κ2) is 5.86. The predicted molar refractivity (Wildman–Crippen MR) is 53.9 cm³/mol. The van der Waals surface area contributed by atoms with Gasteiger partial charge in [0.15, 0.2) is 10.3 Å². The monoisotopic (exact) mass is 237 g/mol. The van der Waals surface area contributed by atoms with Crippen LogP contribution in [0.5, 0.6) is 0 Å². The Labute approximate surface area is 112 Å². The van der Waals surface area contributed by atoms with Gasteiger partial charge in [0.05, 0.1) is 0 Å². The van der Waals surface area contributed by atoms with Crippen molar-refractivity contribution in [3.8, 4) is 0 Å². The van der Waals surface area contributed by atoms with E-state index in [1.54, 1.807) is 24.3 Å². The Bertz CT molecular complexity index is 400. The van der Waals surface area contributed by atoms with Gasteiger partial charge < -0.3 is 4.55 Å². The zero-order valence-corrected chi connectivity index (χ0v) is 11.8. The Morgan fingerprint density at radius 1 is 1.20 bits per heavy atom. The molecule has 0 bridgehead atoms. The molecular weight excluding hydrogens is 225 g/mol. The molecule has 0 spiro atoms. The van der Waals surface area contributed by atoms with Gasteiger partial charge >= 0.3 is 29.6 Å². The summed E-state index contributed by atoms with van der Waals surface area (Å²) in [6.45, 7) is 4.07. The summed E-state index contributed by atoms with van der Waals surface area (Å²) in [5, 5.41) is 0. The molecule has 0 aliphatic rings. The first-order valence-electron chi connectivity index (χ1n) is 4.22. The maximum atomic E-state index is 10.4. The first-order chi connectivity index (χ1) is 6.38. The van der Waals surface area contributed by atoms with E-state index >= 15 is 0 Å². The van der Waals surface area contributed by atoms with Crippen LogP contribution in [0.15, 0.2) is 24.3 Å². The number of hydrogen-bond acceptors (Lipinski definition) is 3. The van der Waals surface area contributed by atoms with Crippen LogP contribution < -0.4 is 34.3 Å². The summed E-state index contributed by atoms with van der Waals surface area (Å²) in [5.74, 6) is 0.382. The maximum absolute atomic E-state index is 10.4. The maximum Gasteiger partial charge on any atom is 1.00 e. The molecule has 0 amide bonds. The summed E-state index contributed by atoms with van der Waals surface area (Å²) in [7, 11) is -4.41. The Balaban J connectivity index is 0.00000196. The number of hydrogen-bond donors (Lipinski definition) is 1. The smallest absolute Gasteiger partial charge is 0.731 e. The quantitative estimate of drug-likeness (QED) is 0.524. The summed E-state index contributed by atoms with van der Waals surface area (Å²) in [6.07, 6.45) is 0. The molecule has 0 heterocycles. The third kappa shape index (κ3) is 5.53. The van der Waals surface area contributed by atoms with E-state index in [-0.39, 0.29) is 29.6 Å². The molecule has 0 atom stereocenters. The predicted octanol–water partition coefficient (Wildman–Crippen LogP) is -1.31. The van der Waals surface area contributed by atoms with Crippen LogP contribution in [0.2, 0.25) is 0 Å². The van der Waals surface area contributed by atoms with Gasteiger partial charge in [-0.3, -0.25) is 4.72 Å². The van der Waals surface area contributed by atoms with Crippen molar-refractivity contribution in [2.75, 3.05) is 4.72 Å². The number of benzene rings is 1. The molecule has 15 heavy (non-hydrogen) atoms. The molecule has 0 saturated carbocycles. The topological polar surface area (TPSA) is 69.2 Å². The number of nitrogens with one attached hydrogen (secondary N) is 1. The molecule has 78 valence electrons. The molecule has 1 rings (SSSR count). The molecule has 4 nitrogen and oxygen atoms in total. The fourth-order valence-corrected chi connectivity index (χ4v) is 1.51. The van der Waals surface area contributed by atoms with Gasteiger partial charge in [0, 0.05) is 5.69 Å². The third-order valence-corrected chi connectivity index (χ3v) is 2.31. The molecule has 0 unspecified atom stereocenters. The van der Waals surface area contributed by atoms with E-state index in [1.165, 1.54) is 0 Å². The Kier molecular flexibility index (Phi) is 5.84. The summed E-state index contributed by atoms with van der Waals surface area (Å²) in [4.78, 5) is 0. The molecule has 0 fully saturated rings. The van der Waals surface area contributed by atoms with Crippen LogP contribution in [-0.2, 0) is 10.3 Å². The molecule has 1 aromatic rings. The third-order valence-electron chi connectivity index (χ3n) is 1.82. The Morgan fingerprint density at radius 3 is 2.00 bits per heavy atom. The second-order valence-electron chi connectivity index (χ2n) is 3.33. The van der Waals surface area contributed by atoms with Crippen molar-refractivity contribution >= 4 is 16.0 Å². The Morgan fingerprint density at radius 2 is 1.67 bits per heavy atom. The minimum absolute atomic E-state index is 0. The van der Waals surface area contributed by atoms with Crippen LogP contribution in [0.25, 0.3) is 0 Å². The van der Waals surface area contributed by atoms with E-state index in [9.17, 15) is 13.0 Å². The fourth-order valence-electron chi connectivity index (χ4n) is 1.08. The molecule has 1 N–H and O–H groups in total. The van der Waals surface area contributed by atoms with Crippen LogP contribution in [0, 0.1) is 0 Å². The molecule has 0 radical (unpaired) electrons. The van der Waals surface area contributed by atoms with Crippen LogP contribution in [0.3, 0.4) is 0 Å². The molecule has 0 aliphatic carbocycles. The van der Waals surface area contributed by atoms with Gasteiger partial charge in [0.1, 0.15) is 0 Å². The van der Waals surface area contributed by atoms with Gasteiger partial charge in [-0.05, 0) is 23.6 Å². The summed E-state index contributed by atoms with van der Waals surface area (Å²) >= 11 is 0. The molecule has 0 saturated heterocycles. The first kappa shape index (κ1) is 14.9. The van der Waals surface area contributed by atoms with Crippen LogP contribution >= 0.6 is 0 Å². The van der Waals surface area contributed by atoms with E-state index in [0.29, 0.717) is 11.6 Å². The largest absolute Gasteiger partial charge is 1.00 e. The van der Waals surface area contributed by atoms with Gasteiger partial charge in [0.25, 0.3) is 0 Å². The molecular formula is C9H12NNaO3S. The minimum Gasteiger partial charge on any atom is -0.731 e. The van der Waals surface area contributed by atoms with E-state index < -0.39 is 10.3 Å². The average molecular weight is 237 g/mol. The van der Waals surface area contributed by atoms with E-state index in [0.717, 1.165) is 5.56 Å². The second-order valence-corrected chi connectivity index (χ2v) is 4.45. The fraction of sp³-hybridized carbons (Fsp3) is 0.333.